The average Bonchev–Trinajstić information content (AvgIpc) is 2.60. The molecular weight excluding hydrogens is 370 g/mol. The number of carbonyl (C=O) groups is 2. The molecule has 7 heteroatoms. The van der Waals surface area contributed by atoms with Crippen molar-refractivity contribution in [1.82, 2.24) is 10.6 Å². The molecule has 0 aliphatic carbocycles. The zero-order chi connectivity index (χ0) is 18.3. The lowest BCUT2D eigenvalue weighted by Crippen LogP contribution is -2.44. The Balaban J connectivity index is 0.00000338. The highest BCUT2D eigenvalue weighted by Crippen LogP contribution is 2.26. The normalized spacial score (nSPS) is 16.9. The fourth-order valence-electron chi connectivity index (χ4n) is 2.76. The van der Waals surface area contributed by atoms with Gasteiger partial charge in [0.1, 0.15) is 0 Å². The van der Waals surface area contributed by atoms with E-state index in [4.69, 9.17) is 0 Å². The number of thioether (sulfide) groups is 1. The van der Waals surface area contributed by atoms with Crippen molar-refractivity contribution < 1.29 is 9.59 Å². The van der Waals surface area contributed by atoms with Crippen LogP contribution in [0.5, 0.6) is 0 Å². The molecule has 1 aromatic rings. The number of hydrogen-bond acceptors (Lipinski definition) is 4. The number of rotatable bonds is 7. The van der Waals surface area contributed by atoms with Gasteiger partial charge in [-0.1, -0.05) is 24.6 Å². The van der Waals surface area contributed by atoms with Gasteiger partial charge in [-0.3, -0.25) is 9.59 Å². The van der Waals surface area contributed by atoms with Crippen LogP contribution < -0.4 is 16.0 Å². The smallest absolute Gasteiger partial charge is 0.234 e. The van der Waals surface area contributed by atoms with Crippen LogP contribution in [0.4, 0.5) is 5.69 Å². The number of halogens is 1. The lowest BCUT2D eigenvalue weighted by atomic mass is 9.81. The van der Waals surface area contributed by atoms with E-state index in [0.29, 0.717) is 6.54 Å². The molecule has 1 heterocycles. The van der Waals surface area contributed by atoms with Crippen LogP contribution in [0, 0.1) is 12.3 Å². The van der Waals surface area contributed by atoms with Gasteiger partial charge in [0.05, 0.1) is 11.0 Å². The maximum Gasteiger partial charge on any atom is 0.234 e. The molecule has 2 amide bonds. The second-order valence-electron chi connectivity index (χ2n) is 7.15. The lowest BCUT2D eigenvalue weighted by molar-refractivity contribution is -0.120. The molecule has 5 nitrogen and oxygen atoms in total. The van der Waals surface area contributed by atoms with E-state index < -0.39 is 0 Å². The van der Waals surface area contributed by atoms with E-state index in [-0.39, 0.29) is 40.6 Å². The van der Waals surface area contributed by atoms with Crippen LogP contribution in [-0.4, -0.2) is 42.5 Å². The molecule has 2 rings (SSSR count). The first-order chi connectivity index (χ1) is 11.9. The quantitative estimate of drug-likeness (QED) is 0.659. The van der Waals surface area contributed by atoms with E-state index >= 15 is 0 Å². The molecule has 1 aliphatic heterocycles. The molecule has 3 N–H and O–H groups in total. The van der Waals surface area contributed by atoms with Crippen LogP contribution in [0.15, 0.2) is 24.3 Å². The third kappa shape index (κ3) is 7.56. The van der Waals surface area contributed by atoms with E-state index in [2.05, 4.69) is 22.9 Å². The highest BCUT2D eigenvalue weighted by Gasteiger charge is 2.27. The van der Waals surface area contributed by atoms with Crippen molar-refractivity contribution in [3.8, 4) is 0 Å². The Morgan fingerprint density at radius 2 is 1.85 bits per heavy atom. The third-order valence-corrected chi connectivity index (χ3v) is 5.81. The minimum Gasteiger partial charge on any atom is -0.355 e. The van der Waals surface area contributed by atoms with Crippen LogP contribution >= 0.6 is 24.2 Å². The topological polar surface area (TPSA) is 70.2 Å². The molecular formula is C19H30ClN3O2S. The summed E-state index contributed by atoms with van der Waals surface area (Å²) in [7, 11) is 0. The van der Waals surface area contributed by atoms with Gasteiger partial charge in [-0.15, -0.1) is 24.2 Å². The molecule has 0 radical (unpaired) electrons. The van der Waals surface area contributed by atoms with E-state index in [1.807, 2.05) is 38.1 Å². The lowest BCUT2D eigenvalue weighted by Gasteiger charge is -2.34. The van der Waals surface area contributed by atoms with Gasteiger partial charge in [0.25, 0.3) is 0 Å². The Kier molecular flexibility index (Phi) is 9.47. The molecule has 0 saturated carbocycles. The largest absolute Gasteiger partial charge is 0.355 e. The Labute approximate surface area is 166 Å². The molecule has 0 spiro atoms. The summed E-state index contributed by atoms with van der Waals surface area (Å²) in [6.45, 7) is 8.80. The van der Waals surface area contributed by atoms with Crippen LogP contribution in [0.25, 0.3) is 0 Å². The number of carbonyl (C=O) groups excluding carboxylic acids is 2. The maximum atomic E-state index is 12.3. The van der Waals surface area contributed by atoms with Crippen molar-refractivity contribution >= 4 is 41.7 Å². The minimum atomic E-state index is -0.242. The third-order valence-electron chi connectivity index (χ3n) is 4.67. The number of piperidine rings is 1. The molecule has 1 unspecified atom stereocenters. The molecule has 146 valence electrons. The van der Waals surface area contributed by atoms with E-state index in [1.165, 1.54) is 11.8 Å². The van der Waals surface area contributed by atoms with Crippen molar-refractivity contribution in [3.05, 3.63) is 29.8 Å². The number of hydrogen-bond donors (Lipinski definition) is 3. The number of benzene rings is 1. The predicted molar refractivity (Wildman–Crippen MR) is 112 cm³/mol. The number of anilines is 1. The van der Waals surface area contributed by atoms with E-state index in [9.17, 15) is 9.59 Å². The summed E-state index contributed by atoms with van der Waals surface area (Å²) in [6, 6.07) is 7.68. The predicted octanol–water partition coefficient (Wildman–Crippen LogP) is 2.98. The first-order valence-corrected chi connectivity index (χ1v) is 9.89. The summed E-state index contributed by atoms with van der Waals surface area (Å²) < 4.78 is 0. The molecule has 1 fully saturated rings. The molecule has 1 aromatic carbocycles. The van der Waals surface area contributed by atoms with Crippen molar-refractivity contribution in [2.24, 2.45) is 5.41 Å². The van der Waals surface area contributed by atoms with Gasteiger partial charge < -0.3 is 16.0 Å². The number of nitrogens with one attached hydrogen (secondary N) is 3. The van der Waals surface area contributed by atoms with Crippen molar-refractivity contribution in [1.29, 1.82) is 0 Å². The summed E-state index contributed by atoms with van der Waals surface area (Å²) in [6.07, 6.45) is 2.15. The van der Waals surface area contributed by atoms with E-state index in [0.717, 1.165) is 37.2 Å². The van der Waals surface area contributed by atoms with Crippen LogP contribution in [0.3, 0.4) is 0 Å². The standard InChI is InChI=1S/C19H29N3O2S.ClH/c1-14-4-6-16(7-5-14)22-17(23)12-25-15(2)18(24)21-13-19(3)8-10-20-11-9-19;/h4-7,15,20H,8-13H2,1-3H3,(H,21,24)(H,22,23);1H. The van der Waals surface area contributed by atoms with Gasteiger partial charge in [-0.05, 0) is 57.3 Å². The van der Waals surface area contributed by atoms with Gasteiger partial charge in [0.2, 0.25) is 11.8 Å². The van der Waals surface area contributed by atoms with Crippen LogP contribution in [0.1, 0.15) is 32.3 Å². The Bertz CT molecular complexity index is 589. The highest BCUT2D eigenvalue weighted by molar-refractivity contribution is 8.01. The molecule has 1 saturated heterocycles. The monoisotopic (exact) mass is 399 g/mol. The highest BCUT2D eigenvalue weighted by atomic mass is 35.5. The van der Waals surface area contributed by atoms with Gasteiger partial charge in [0.15, 0.2) is 0 Å². The summed E-state index contributed by atoms with van der Waals surface area (Å²) >= 11 is 1.36. The first-order valence-electron chi connectivity index (χ1n) is 8.84. The average molecular weight is 400 g/mol. The van der Waals surface area contributed by atoms with Crippen LogP contribution in [-0.2, 0) is 9.59 Å². The van der Waals surface area contributed by atoms with Crippen molar-refractivity contribution in [2.45, 2.75) is 38.9 Å². The zero-order valence-electron chi connectivity index (χ0n) is 15.8. The molecule has 0 aromatic heterocycles. The molecule has 1 atom stereocenters. The minimum absolute atomic E-state index is 0. The van der Waals surface area contributed by atoms with Crippen molar-refractivity contribution in [2.75, 3.05) is 30.7 Å². The van der Waals surface area contributed by atoms with E-state index in [1.54, 1.807) is 0 Å². The summed E-state index contributed by atoms with van der Waals surface area (Å²) in [5.41, 5.74) is 2.11. The number of aryl methyl sites for hydroxylation is 1. The van der Waals surface area contributed by atoms with Gasteiger partial charge in [-0.25, -0.2) is 0 Å². The Morgan fingerprint density at radius 3 is 2.46 bits per heavy atom. The number of amides is 2. The fraction of sp³-hybridized carbons (Fsp3) is 0.579. The molecule has 0 bridgehead atoms. The maximum absolute atomic E-state index is 12.3. The van der Waals surface area contributed by atoms with Gasteiger partial charge >= 0.3 is 0 Å². The van der Waals surface area contributed by atoms with Gasteiger partial charge in [-0.2, -0.15) is 0 Å². The molecule has 26 heavy (non-hydrogen) atoms. The summed E-state index contributed by atoms with van der Waals surface area (Å²) in [5, 5.41) is 9.01. The molecule has 1 aliphatic rings. The summed E-state index contributed by atoms with van der Waals surface area (Å²) in [5.74, 6) is 0.190. The second kappa shape index (κ2) is 10.8. The second-order valence-corrected chi connectivity index (χ2v) is 8.48. The SMILES string of the molecule is Cc1ccc(NC(=O)CSC(C)C(=O)NCC2(C)CCNCC2)cc1.Cl. The first kappa shape index (κ1) is 22.8. The van der Waals surface area contributed by atoms with Gasteiger partial charge in [0, 0.05) is 12.2 Å². The Hall–Kier alpha value is -1.24. The Morgan fingerprint density at radius 1 is 1.23 bits per heavy atom. The zero-order valence-corrected chi connectivity index (χ0v) is 17.4. The van der Waals surface area contributed by atoms with Crippen molar-refractivity contribution in [3.63, 3.8) is 0 Å². The summed E-state index contributed by atoms with van der Waals surface area (Å²) in [4.78, 5) is 24.3. The van der Waals surface area contributed by atoms with Crippen LogP contribution in [0.2, 0.25) is 0 Å². The fourth-order valence-corrected chi connectivity index (χ4v) is 3.47.